The molecular weight excluding hydrogens is 333 g/mol. The summed E-state index contributed by atoms with van der Waals surface area (Å²) in [5.74, 6) is 0.637. The first kappa shape index (κ1) is 18.3. The number of hydrogen-bond donors (Lipinski definition) is 0. The van der Waals surface area contributed by atoms with Crippen LogP contribution in [-0.4, -0.2) is 25.9 Å². The van der Waals surface area contributed by atoms with Gasteiger partial charge < -0.3 is 14.2 Å². The summed E-state index contributed by atoms with van der Waals surface area (Å²) in [4.78, 5) is 0. The van der Waals surface area contributed by atoms with Crippen molar-refractivity contribution >= 4 is 5.57 Å². The highest BCUT2D eigenvalue weighted by atomic mass is 19.4. The van der Waals surface area contributed by atoms with E-state index in [-0.39, 0.29) is 12.0 Å². The highest BCUT2D eigenvalue weighted by Crippen LogP contribution is 2.35. The molecule has 3 rings (SSSR count). The maximum Gasteiger partial charge on any atom is 0.573 e. The van der Waals surface area contributed by atoms with E-state index in [1.807, 2.05) is 0 Å². The molecule has 25 heavy (non-hydrogen) atoms. The zero-order valence-electron chi connectivity index (χ0n) is 14.2. The van der Waals surface area contributed by atoms with Gasteiger partial charge in [-0.2, -0.15) is 0 Å². The standard InChI is InChI=1S/C19H23F3O3/c1-2-13-11-23-18(24-12-13)16-5-3-14(4-6-16)15-7-9-17(10-8-15)25-19(20,21)22/h3,7-10,13,16,18H,2,4-6,11-12H2,1H3. The Morgan fingerprint density at radius 1 is 1.12 bits per heavy atom. The highest BCUT2D eigenvalue weighted by molar-refractivity contribution is 5.66. The molecule has 1 fully saturated rings. The Balaban J connectivity index is 1.56. The second-order valence-corrected chi connectivity index (χ2v) is 6.65. The minimum absolute atomic E-state index is 0.136. The lowest BCUT2D eigenvalue weighted by atomic mass is 9.86. The summed E-state index contributed by atoms with van der Waals surface area (Å²) in [6.45, 7) is 3.65. The summed E-state index contributed by atoms with van der Waals surface area (Å²) >= 11 is 0. The predicted molar refractivity (Wildman–Crippen MR) is 87.9 cm³/mol. The van der Waals surface area contributed by atoms with Crippen LogP contribution in [0.25, 0.3) is 5.57 Å². The van der Waals surface area contributed by atoms with Gasteiger partial charge in [0.2, 0.25) is 0 Å². The molecule has 1 aromatic carbocycles. The maximum atomic E-state index is 12.2. The van der Waals surface area contributed by atoms with Crippen LogP contribution < -0.4 is 4.74 Å². The lowest BCUT2D eigenvalue weighted by Gasteiger charge is -2.35. The third kappa shape index (κ3) is 4.98. The summed E-state index contributed by atoms with van der Waals surface area (Å²) in [6.07, 6.45) is 1.09. The van der Waals surface area contributed by atoms with E-state index in [1.54, 1.807) is 12.1 Å². The van der Waals surface area contributed by atoms with Crippen molar-refractivity contribution in [1.82, 2.24) is 0 Å². The molecule has 0 N–H and O–H groups in total. The molecule has 1 unspecified atom stereocenters. The van der Waals surface area contributed by atoms with E-state index in [4.69, 9.17) is 9.47 Å². The van der Waals surface area contributed by atoms with E-state index in [9.17, 15) is 13.2 Å². The largest absolute Gasteiger partial charge is 0.573 e. The molecule has 138 valence electrons. The molecule has 1 aromatic rings. The lowest BCUT2D eigenvalue weighted by Crippen LogP contribution is -2.37. The SMILES string of the molecule is CCC1COC(C2CC=C(c3ccc(OC(F)(F)F)cc3)CC2)OC1. The summed E-state index contributed by atoms with van der Waals surface area (Å²) in [7, 11) is 0. The highest BCUT2D eigenvalue weighted by Gasteiger charge is 2.31. The second kappa shape index (κ2) is 7.79. The van der Waals surface area contributed by atoms with Crippen molar-refractivity contribution in [3.05, 3.63) is 35.9 Å². The van der Waals surface area contributed by atoms with Crippen LogP contribution in [0.5, 0.6) is 5.75 Å². The molecular formula is C19H23F3O3. The van der Waals surface area contributed by atoms with Crippen molar-refractivity contribution in [1.29, 1.82) is 0 Å². The van der Waals surface area contributed by atoms with Gasteiger partial charge in [-0.25, -0.2) is 0 Å². The van der Waals surface area contributed by atoms with Crippen LogP contribution >= 0.6 is 0 Å². The van der Waals surface area contributed by atoms with Crippen molar-refractivity contribution in [3.8, 4) is 5.75 Å². The van der Waals surface area contributed by atoms with Crippen LogP contribution in [0.3, 0.4) is 0 Å². The Morgan fingerprint density at radius 3 is 2.32 bits per heavy atom. The van der Waals surface area contributed by atoms with Gasteiger partial charge in [-0.3, -0.25) is 0 Å². The Morgan fingerprint density at radius 2 is 1.80 bits per heavy atom. The maximum absolute atomic E-state index is 12.2. The number of allylic oxidation sites excluding steroid dienone is 2. The monoisotopic (exact) mass is 356 g/mol. The van der Waals surface area contributed by atoms with Crippen molar-refractivity contribution < 1.29 is 27.4 Å². The zero-order chi connectivity index (χ0) is 17.9. The van der Waals surface area contributed by atoms with Crippen LogP contribution in [0.4, 0.5) is 13.2 Å². The normalized spacial score (nSPS) is 27.7. The van der Waals surface area contributed by atoms with Gasteiger partial charge in [-0.15, -0.1) is 13.2 Å². The molecule has 0 spiro atoms. The number of halogens is 3. The van der Waals surface area contributed by atoms with Crippen molar-refractivity contribution in [2.24, 2.45) is 11.8 Å². The molecule has 2 aliphatic rings. The van der Waals surface area contributed by atoms with Gasteiger partial charge in [0, 0.05) is 11.8 Å². The molecule has 1 saturated heterocycles. The van der Waals surface area contributed by atoms with Gasteiger partial charge in [-0.05, 0) is 49.0 Å². The molecule has 0 aromatic heterocycles. The first-order chi connectivity index (χ1) is 11.9. The summed E-state index contributed by atoms with van der Waals surface area (Å²) in [6, 6.07) is 6.06. The summed E-state index contributed by atoms with van der Waals surface area (Å²) in [5, 5.41) is 0. The Bertz CT molecular complexity index is 587. The molecule has 1 aliphatic carbocycles. The average molecular weight is 356 g/mol. The number of rotatable bonds is 4. The van der Waals surface area contributed by atoms with Gasteiger partial charge >= 0.3 is 6.36 Å². The predicted octanol–water partition coefficient (Wildman–Crippen LogP) is 5.17. The fourth-order valence-corrected chi connectivity index (χ4v) is 3.30. The van der Waals surface area contributed by atoms with Gasteiger partial charge in [0.1, 0.15) is 5.75 Å². The Hall–Kier alpha value is -1.53. The molecule has 1 atom stereocenters. The molecule has 6 heteroatoms. The third-order valence-electron chi connectivity index (χ3n) is 4.86. The molecule has 0 saturated carbocycles. The Labute approximate surface area is 145 Å². The van der Waals surface area contributed by atoms with Crippen molar-refractivity contribution in [2.75, 3.05) is 13.2 Å². The van der Waals surface area contributed by atoms with E-state index in [0.29, 0.717) is 11.8 Å². The van der Waals surface area contributed by atoms with E-state index in [0.717, 1.165) is 50.0 Å². The minimum atomic E-state index is -4.66. The van der Waals surface area contributed by atoms with E-state index < -0.39 is 6.36 Å². The summed E-state index contributed by atoms with van der Waals surface area (Å²) < 4.78 is 52.2. The smallest absolute Gasteiger partial charge is 0.406 e. The van der Waals surface area contributed by atoms with E-state index >= 15 is 0 Å². The second-order valence-electron chi connectivity index (χ2n) is 6.65. The number of alkyl halides is 3. The van der Waals surface area contributed by atoms with Gasteiger partial charge in [-0.1, -0.05) is 25.1 Å². The fourth-order valence-electron chi connectivity index (χ4n) is 3.30. The van der Waals surface area contributed by atoms with Crippen LogP contribution in [0.1, 0.15) is 38.2 Å². The molecule has 0 radical (unpaired) electrons. The molecule has 3 nitrogen and oxygen atoms in total. The van der Waals surface area contributed by atoms with Crippen molar-refractivity contribution in [2.45, 2.75) is 45.3 Å². The number of ether oxygens (including phenoxy) is 3. The topological polar surface area (TPSA) is 27.7 Å². The van der Waals surface area contributed by atoms with Gasteiger partial charge in [0.25, 0.3) is 0 Å². The lowest BCUT2D eigenvalue weighted by molar-refractivity contribution is -0.274. The average Bonchev–Trinajstić information content (AvgIpc) is 2.61. The first-order valence-electron chi connectivity index (χ1n) is 8.73. The molecule has 0 bridgehead atoms. The quantitative estimate of drug-likeness (QED) is 0.745. The molecule has 1 heterocycles. The minimum Gasteiger partial charge on any atom is -0.406 e. The van der Waals surface area contributed by atoms with Crippen molar-refractivity contribution in [3.63, 3.8) is 0 Å². The van der Waals surface area contributed by atoms with Gasteiger partial charge in [0.05, 0.1) is 13.2 Å². The van der Waals surface area contributed by atoms with Crippen LogP contribution in [0.2, 0.25) is 0 Å². The summed E-state index contributed by atoms with van der Waals surface area (Å²) in [5.41, 5.74) is 2.08. The van der Waals surface area contributed by atoms with Crippen LogP contribution in [-0.2, 0) is 9.47 Å². The van der Waals surface area contributed by atoms with Crippen LogP contribution in [0, 0.1) is 11.8 Å². The number of hydrogen-bond acceptors (Lipinski definition) is 3. The van der Waals surface area contributed by atoms with E-state index in [1.165, 1.54) is 12.1 Å². The zero-order valence-corrected chi connectivity index (χ0v) is 14.2. The fraction of sp³-hybridized carbons (Fsp3) is 0.579. The first-order valence-corrected chi connectivity index (χ1v) is 8.73. The third-order valence-corrected chi connectivity index (χ3v) is 4.86. The molecule has 1 aliphatic heterocycles. The van der Waals surface area contributed by atoms with Gasteiger partial charge in [0.15, 0.2) is 6.29 Å². The van der Waals surface area contributed by atoms with E-state index in [2.05, 4.69) is 17.7 Å². The van der Waals surface area contributed by atoms with Crippen LogP contribution in [0.15, 0.2) is 30.3 Å². The Kier molecular flexibility index (Phi) is 5.69. The molecule has 0 amide bonds. The number of benzene rings is 1.